The fourth-order valence-corrected chi connectivity index (χ4v) is 3.54. The molecule has 6 heteroatoms. The minimum atomic E-state index is -0.326. The topological polar surface area (TPSA) is 61.9 Å². The average Bonchev–Trinajstić information content (AvgIpc) is 3.09. The minimum Gasteiger partial charge on any atom is -0.280 e. The highest BCUT2D eigenvalue weighted by Crippen LogP contribution is 2.30. The molecule has 1 heterocycles. The molecule has 0 spiro atoms. The van der Waals surface area contributed by atoms with Crippen LogP contribution < -0.4 is 4.90 Å². The second-order valence-corrected chi connectivity index (χ2v) is 8.08. The number of para-hydroxylation sites is 2. The number of nitrogens with one attached hydrogen (secondary N) is 1. The fourth-order valence-electron chi connectivity index (χ4n) is 2.76. The number of thioether (sulfide) groups is 1. The van der Waals surface area contributed by atoms with Gasteiger partial charge in [-0.3, -0.25) is 14.8 Å². The summed E-state index contributed by atoms with van der Waals surface area (Å²) < 4.78 is 0. The third-order valence-corrected chi connectivity index (χ3v) is 4.94. The summed E-state index contributed by atoms with van der Waals surface area (Å²) in [5, 5.41) is 7.50. The summed E-state index contributed by atoms with van der Waals surface area (Å²) in [7, 11) is 0. The first kappa shape index (κ1) is 19.2. The van der Waals surface area contributed by atoms with Crippen LogP contribution in [0.15, 0.2) is 65.8 Å². The number of hydrogen-bond donors (Lipinski definition) is 1. The van der Waals surface area contributed by atoms with Gasteiger partial charge in [0.15, 0.2) is 0 Å². The molecule has 0 aliphatic rings. The van der Waals surface area contributed by atoms with Gasteiger partial charge in [-0.1, -0.05) is 62.0 Å². The number of aromatic amines is 1. The van der Waals surface area contributed by atoms with Gasteiger partial charge in [0.25, 0.3) is 0 Å². The molecule has 0 radical (unpaired) electrons. The molecule has 5 nitrogen and oxygen atoms in total. The van der Waals surface area contributed by atoms with Crippen molar-refractivity contribution in [1.29, 1.82) is 0 Å². The van der Waals surface area contributed by atoms with E-state index in [1.807, 2.05) is 67.6 Å². The predicted molar refractivity (Wildman–Crippen MR) is 110 cm³/mol. The Balaban J connectivity index is 1.80. The number of H-pyrrole nitrogens is 1. The molecule has 0 saturated heterocycles. The van der Waals surface area contributed by atoms with Crippen LogP contribution in [0.5, 0.6) is 0 Å². The number of carbonyl (C=O) groups excluding carboxylic acids is 1. The van der Waals surface area contributed by atoms with E-state index in [4.69, 9.17) is 0 Å². The summed E-state index contributed by atoms with van der Waals surface area (Å²) in [6.45, 7) is 6.17. The molecule has 0 saturated carbocycles. The zero-order valence-corrected chi connectivity index (χ0v) is 16.6. The molecule has 0 fully saturated rings. The van der Waals surface area contributed by atoms with Gasteiger partial charge < -0.3 is 0 Å². The Morgan fingerprint density at radius 1 is 1.00 bits per heavy atom. The van der Waals surface area contributed by atoms with Gasteiger partial charge in [0.05, 0.1) is 5.25 Å². The lowest BCUT2D eigenvalue weighted by Gasteiger charge is -2.25. The lowest BCUT2D eigenvalue weighted by molar-refractivity contribution is -0.117. The van der Waals surface area contributed by atoms with E-state index < -0.39 is 0 Å². The smallest absolute Gasteiger partial charge is 0.244 e. The zero-order valence-electron chi connectivity index (χ0n) is 15.8. The number of carbonyl (C=O) groups is 1. The first-order chi connectivity index (χ1) is 13.0. The van der Waals surface area contributed by atoms with Crippen molar-refractivity contribution in [1.82, 2.24) is 15.2 Å². The lowest BCUT2D eigenvalue weighted by Crippen LogP contribution is -2.32. The number of rotatable bonds is 7. The quantitative estimate of drug-likeness (QED) is 0.595. The molecule has 0 aliphatic heterocycles. The van der Waals surface area contributed by atoms with Gasteiger partial charge >= 0.3 is 0 Å². The largest absolute Gasteiger partial charge is 0.280 e. The molecule has 2 aromatic carbocycles. The van der Waals surface area contributed by atoms with Crippen LogP contribution in [0, 0.1) is 5.92 Å². The van der Waals surface area contributed by atoms with Gasteiger partial charge in [-0.2, -0.15) is 0 Å². The highest BCUT2D eigenvalue weighted by atomic mass is 32.2. The van der Waals surface area contributed by atoms with Crippen molar-refractivity contribution < 1.29 is 4.79 Å². The van der Waals surface area contributed by atoms with Crippen molar-refractivity contribution in [3.05, 3.63) is 66.5 Å². The van der Waals surface area contributed by atoms with Crippen LogP contribution in [0.25, 0.3) is 0 Å². The van der Waals surface area contributed by atoms with Crippen LogP contribution in [0.3, 0.4) is 0 Å². The van der Waals surface area contributed by atoms with E-state index in [2.05, 4.69) is 29.0 Å². The standard InChI is InChI=1S/C21H24N4OS/c1-15(2)14-19-22-21(24-23-19)27-16(3)20(26)25(17-10-6-4-7-11-17)18-12-8-5-9-13-18/h4-13,15-16H,14H2,1-3H3,(H,22,23,24)/t16-/m1/s1. The van der Waals surface area contributed by atoms with Gasteiger partial charge in [0.2, 0.25) is 11.1 Å². The monoisotopic (exact) mass is 380 g/mol. The van der Waals surface area contributed by atoms with E-state index in [1.165, 1.54) is 11.8 Å². The number of anilines is 2. The van der Waals surface area contributed by atoms with Crippen LogP contribution in [-0.4, -0.2) is 26.3 Å². The number of amides is 1. The number of benzene rings is 2. The van der Waals surface area contributed by atoms with E-state index in [0.717, 1.165) is 23.6 Å². The normalized spacial score (nSPS) is 12.1. The summed E-state index contributed by atoms with van der Waals surface area (Å²) in [5.74, 6) is 1.35. The molecule has 0 bridgehead atoms. The second-order valence-electron chi connectivity index (χ2n) is 6.77. The highest BCUT2D eigenvalue weighted by molar-refractivity contribution is 8.00. The van der Waals surface area contributed by atoms with Crippen molar-refractivity contribution in [2.45, 2.75) is 37.6 Å². The molecule has 3 aromatic rings. The van der Waals surface area contributed by atoms with Crippen LogP contribution in [-0.2, 0) is 11.2 Å². The first-order valence-electron chi connectivity index (χ1n) is 9.06. The van der Waals surface area contributed by atoms with Crippen molar-refractivity contribution in [3.63, 3.8) is 0 Å². The molecule has 0 unspecified atom stereocenters. The maximum absolute atomic E-state index is 13.3. The number of nitrogens with zero attached hydrogens (tertiary/aromatic N) is 3. The summed E-state index contributed by atoms with van der Waals surface area (Å²) in [6.07, 6.45) is 0.843. The van der Waals surface area contributed by atoms with Crippen molar-refractivity contribution in [3.8, 4) is 0 Å². The molecule has 27 heavy (non-hydrogen) atoms. The number of hydrogen-bond acceptors (Lipinski definition) is 4. The van der Waals surface area contributed by atoms with E-state index in [-0.39, 0.29) is 11.2 Å². The van der Waals surface area contributed by atoms with Gasteiger partial charge in [0.1, 0.15) is 5.82 Å². The Morgan fingerprint density at radius 3 is 2.07 bits per heavy atom. The molecule has 1 atom stereocenters. The van der Waals surface area contributed by atoms with Gasteiger partial charge in [0, 0.05) is 17.8 Å². The van der Waals surface area contributed by atoms with Crippen LogP contribution in [0.4, 0.5) is 11.4 Å². The molecule has 1 N–H and O–H groups in total. The third kappa shape index (κ3) is 4.98. The molecular weight excluding hydrogens is 356 g/mol. The van der Waals surface area contributed by atoms with E-state index >= 15 is 0 Å². The van der Waals surface area contributed by atoms with E-state index in [1.54, 1.807) is 4.90 Å². The first-order valence-corrected chi connectivity index (χ1v) is 9.94. The Hall–Kier alpha value is -2.60. The van der Waals surface area contributed by atoms with Crippen LogP contribution in [0.2, 0.25) is 0 Å². The SMILES string of the molecule is CC(C)Cc1nc(S[C@H](C)C(=O)N(c2ccccc2)c2ccccc2)n[nH]1. The van der Waals surface area contributed by atoms with E-state index in [9.17, 15) is 4.79 Å². The van der Waals surface area contributed by atoms with E-state index in [0.29, 0.717) is 11.1 Å². The van der Waals surface area contributed by atoms with Crippen LogP contribution >= 0.6 is 11.8 Å². The molecule has 140 valence electrons. The van der Waals surface area contributed by atoms with Crippen molar-refractivity contribution in [2.75, 3.05) is 4.90 Å². The minimum absolute atomic E-state index is 0.00684. The molecule has 1 amide bonds. The summed E-state index contributed by atoms with van der Waals surface area (Å²) in [4.78, 5) is 19.5. The fraction of sp³-hybridized carbons (Fsp3) is 0.286. The number of aromatic nitrogens is 3. The Morgan fingerprint density at radius 2 is 1.56 bits per heavy atom. The summed E-state index contributed by atoms with van der Waals surface area (Å²) in [6, 6.07) is 19.4. The molecular formula is C21H24N4OS. The van der Waals surface area contributed by atoms with Gasteiger partial charge in [-0.25, -0.2) is 4.98 Å². The highest BCUT2D eigenvalue weighted by Gasteiger charge is 2.25. The maximum atomic E-state index is 13.3. The van der Waals surface area contributed by atoms with Crippen LogP contribution in [0.1, 0.15) is 26.6 Å². The lowest BCUT2D eigenvalue weighted by atomic mass is 10.1. The summed E-state index contributed by atoms with van der Waals surface area (Å²) >= 11 is 1.37. The Labute approximate surface area is 164 Å². The van der Waals surface area contributed by atoms with Gasteiger partial charge in [-0.15, -0.1) is 5.10 Å². The Bertz CT molecular complexity index is 825. The maximum Gasteiger partial charge on any atom is 0.244 e. The molecule has 1 aromatic heterocycles. The van der Waals surface area contributed by atoms with Gasteiger partial charge in [-0.05, 0) is 37.1 Å². The van der Waals surface area contributed by atoms with Crippen molar-refractivity contribution >= 4 is 29.0 Å². The molecule has 3 rings (SSSR count). The summed E-state index contributed by atoms with van der Waals surface area (Å²) in [5.41, 5.74) is 1.69. The molecule has 0 aliphatic carbocycles. The Kier molecular flexibility index (Phi) is 6.29. The predicted octanol–water partition coefficient (Wildman–Crippen LogP) is 4.85. The second kappa shape index (κ2) is 8.86. The van der Waals surface area contributed by atoms with Crippen molar-refractivity contribution in [2.24, 2.45) is 5.92 Å². The zero-order chi connectivity index (χ0) is 19.2. The third-order valence-electron chi connectivity index (χ3n) is 3.99. The average molecular weight is 381 g/mol.